The summed E-state index contributed by atoms with van der Waals surface area (Å²) in [7, 11) is 0. The fraction of sp³-hybridized carbons (Fsp3) is 0.867. The quantitative estimate of drug-likeness (QED) is 0.792. The van der Waals surface area contributed by atoms with Crippen LogP contribution in [-0.4, -0.2) is 15.2 Å². The van der Waals surface area contributed by atoms with E-state index in [9.17, 15) is 0 Å². The van der Waals surface area contributed by atoms with Crippen molar-refractivity contribution in [3.05, 3.63) is 11.6 Å². The lowest BCUT2D eigenvalue weighted by molar-refractivity contribution is 0.429. The molecule has 2 fully saturated rings. The van der Waals surface area contributed by atoms with Gasteiger partial charge in [0.05, 0.1) is 0 Å². The number of nitrogens with one attached hydrogen (secondary N) is 1. The second-order valence-electron chi connectivity index (χ2n) is 6.10. The molecule has 1 heterocycles. The minimum atomic E-state index is 0.634. The molecule has 2 aliphatic carbocycles. The highest BCUT2D eigenvalue weighted by Gasteiger charge is 2.22. The lowest BCUT2D eigenvalue weighted by Crippen LogP contribution is -2.06. The predicted octanol–water partition coefficient (Wildman–Crippen LogP) is 4.29. The molecule has 1 aromatic rings. The van der Waals surface area contributed by atoms with Gasteiger partial charge in [0.1, 0.15) is 5.82 Å². The summed E-state index contributed by atoms with van der Waals surface area (Å²) in [5, 5.41) is 7.75. The summed E-state index contributed by atoms with van der Waals surface area (Å²) in [5.41, 5.74) is 0. The van der Waals surface area contributed by atoms with Crippen LogP contribution in [0.3, 0.4) is 0 Å². The summed E-state index contributed by atoms with van der Waals surface area (Å²) in [6.07, 6.45) is 14.9. The monoisotopic (exact) mass is 247 g/mol. The van der Waals surface area contributed by atoms with E-state index in [-0.39, 0.29) is 0 Å². The summed E-state index contributed by atoms with van der Waals surface area (Å²) in [6, 6.07) is 0. The van der Waals surface area contributed by atoms with Gasteiger partial charge in [-0.05, 0) is 25.7 Å². The van der Waals surface area contributed by atoms with Crippen molar-refractivity contribution in [1.82, 2.24) is 15.2 Å². The Morgan fingerprint density at radius 2 is 1.28 bits per heavy atom. The van der Waals surface area contributed by atoms with Crippen molar-refractivity contribution < 1.29 is 0 Å². The lowest BCUT2D eigenvalue weighted by atomic mass is 9.89. The van der Waals surface area contributed by atoms with Gasteiger partial charge in [-0.25, -0.2) is 4.98 Å². The fourth-order valence-electron chi connectivity index (χ4n) is 3.57. The molecule has 3 rings (SSSR count). The average molecular weight is 247 g/mol. The maximum Gasteiger partial charge on any atom is 0.153 e. The molecule has 2 saturated carbocycles. The van der Waals surface area contributed by atoms with Gasteiger partial charge in [-0.15, -0.1) is 0 Å². The molecule has 0 radical (unpaired) electrons. The Kier molecular flexibility index (Phi) is 3.96. The molecular weight excluding hydrogens is 222 g/mol. The van der Waals surface area contributed by atoms with Gasteiger partial charge in [-0.2, -0.15) is 5.10 Å². The van der Waals surface area contributed by atoms with Gasteiger partial charge >= 0.3 is 0 Å². The minimum Gasteiger partial charge on any atom is -0.263 e. The average Bonchev–Trinajstić information content (AvgIpc) is 2.76. The summed E-state index contributed by atoms with van der Waals surface area (Å²) in [6.45, 7) is 0. The molecule has 0 atom stereocenters. The number of hydrogen-bond donors (Lipinski definition) is 1. The standard InChI is InChI=1S/C15H25N3/c1-2-5-9-12(8-4-1)14-16-15(18-17-14)13-10-6-3-7-11-13/h12-13H,1-11H2,(H,16,17,18). The first kappa shape index (κ1) is 12.2. The Labute approximate surface area is 110 Å². The molecule has 18 heavy (non-hydrogen) atoms. The van der Waals surface area contributed by atoms with Crippen molar-refractivity contribution >= 4 is 0 Å². The molecule has 0 unspecified atom stereocenters. The number of aromatic amines is 1. The van der Waals surface area contributed by atoms with E-state index in [1.54, 1.807) is 0 Å². The molecule has 0 spiro atoms. The van der Waals surface area contributed by atoms with Crippen LogP contribution < -0.4 is 0 Å². The zero-order chi connectivity index (χ0) is 12.2. The maximum atomic E-state index is 4.83. The normalized spacial score (nSPS) is 24.0. The van der Waals surface area contributed by atoms with Gasteiger partial charge in [0.25, 0.3) is 0 Å². The van der Waals surface area contributed by atoms with Crippen LogP contribution in [0, 0.1) is 0 Å². The largest absolute Gasteiger partial charge is 0.263 e. The highest BCUT2D eigenvalue weighted by molar-refractivity contribution is 5.03. The molecule has 0 aromatic carbocycles. The summed E-state index contributed by atoms with van der Waals surface area (Å²) in [4.78, 5) is 4.83. The van der Waals surface area contributed by atoms with Gasteiger partial charge in [-0.3, -0.25) is 5.10 Å². The minimum absolute atomic E-state index is 0.634. The zero-order valence-corrected chi connectivity index (χ0v) is 11.3. The van der Waals surface area contributed by atoms with Crippen LogP contribution in [0.1, 0.15) is 94.1 Å². The van der Waals surface area contributed by atoms with Gasteiger partial charge in [0, 0.05) is 11.8 Å². The van der Waals surface area contributed by atoms with E-state index < -0.39 is 0 Å². The van der Waals surface area contributed by atoms with E-state index in [4.69, 9.17) is 4.98 Å². The van der Waals surface area contributed by atoms with Crippen molar-refractivity contribution in [1.29, 1.82) is 0 Å². The van der Waals surface area contributed by atoms with E-state index >= 15 is 0 Å². The molecule has 1 aromatic heterocycles. The first-order valence-corrected chi connectivity index (χ1v) is 7.85. The Bertz CT molecular complexity index is 358. The third-order valence-electron chi connectivity index (χ3n) is 4.73. The first-order chi connectivity index (χ1) is 8.93. The topological polar surface area (TPSA) is 41.6 Å². The van der Waals surface area contributed by atoms with Crippen molar-refractivity contribution in [3.8, 4) is 0 Å². The van der Waals surface area contributed by atoms with Gasteiger partial charge in [0.2, 0.25) is 0 Å². The third kappa shape index (κ3) is 2.76. The first-order valence-electron chi connectivity index (χ1n) is 7.85. The molecule has 100 valence electrons. The third-order valence-corrected chi connectivity index (χ3v) is 4.73. The fourth-order valence-corrected chi connectivity index (χ4v) is 3.57. The highest BCUT2D eigenvalue weighted by Crippen LogP contribution is 2.33. The summed E-state index contributed by atoms with van der Waals surface area (Å²) < 4.78 is 0. The Hall–Kier alpha value is -0.860. The van der Waals surface area contributed by atoms with Crippen LogP contribution >= 0.6 is 0 Å². The van der Waals surface area contributed by atoms with Crippen LogP contribution in [0.5, 0.6) is 0 Å². The van der Waals surface area contributed by atoms with Crippen LogP contribution in [0.4, 0.5) is 0 Å². The lowest BCUT2D eigenvalue weighted by Gasteiger charge is -2.18. The number of rotatable bonds is 2. The number of hydrogen-bond acceptors (Lipinski definition) is 2. The van der Waals surface area contributed by atoms with Crippen LogP contribution in [0.15, 0.2) is 0 Å². The Morgan fingerprint density at radius 3 is 1.94 bits per heavy atom. The van der Waals surface area contributed by atoms with E-state index in [2.05, 4.69) is 10.2 Å². The van der Waals surface area contributed by atoms with Gasteiger partial charge in [0.15, 0.2) is 5.82 Å². The summed E-state index contributed by atoms with van der Waals surface area (Å²) >= 11 is 0. The SMILES string of the molecule is C1CCC(c2n[nH]c(C3CCCCCC3)n2)CC1. The van der Waals surface area contributed by atoms with E-state index in [1.165, 1.54) is 76.5 Å². The van der Waals surface area contributed by atoms with Crippen molar-refractivity contribution in [2.45, 2.75) is 82.5 Å². The second kappa shape index (κ2) is 5.85. The van der Waals surface area contributed by atoms with Crippen LogP contribution in [-0.2, 0) is 0 Å². The molecule has 0 amide bonds. The van der Waals surface area contributed by atoms with Crippen LogP contribution in [0.25, 0.3) is 0 Å². The smallest absolute Gasteiger partial charge is 0.153 e. The zero-order valence-electron chi connectivity index (χ0n) is 11.3. The number of nitrogens with zero attached hydrogens (tertiary/aromatic N) is 2. The highest BCUT2D eigenvalue weighted by atomic mass is 15.2. The van der Waals surface area contributed by atoms with Crippen LogP contribution in [0.2, 0.25) is 0 Å². The molecule has 0 aliphatic heterocycles. The van der Waals surface area contributed by atoms with E-state index in [0.29, 0.717) is 11.8 Å². The van der Waals surface area contributed by atoms with Crippen molar-refractivity contribution in [2.75, 3.05) is 0 Å². The van der Waals surface area contributed by atoms with E-state index in [0.717, 1.165) is 5.82 Å². The molecule has 1 N–H and O–H groups in total. The Balaban J connectivity index is 1.67. The Morgan fingerprint density at radius 1 is 0.722 bits per heavy atom. The van der Waals surface area contributed by atoms with Crippen molar-refractivity contribution in [3.63, 3.8) is 0 Å². The molecule has 0 bridgehead atoms. The number of H-pyrrole nitrogens is 1. The summed E-state index contributed by atoms with van der Waals surface area (Å²) in [5.74, 6) is 3.57. The number of aromatic nitrogens is 3. The maximum absolute atomic E-state index is 4.83. The van der Waals surface area contributed by atoms with Gasteiger partial charge in [-0.1, -0.05) is 44.9 Å². The second-order valence-corrected chi connectivity index (χ2v) is 6.10. The predicted molar refractivity (Wildman–Crippen MR) is 72.7 cm³/mol. The molecule has 2 aliphatic rings. The molecular formula is C15H25N3. The van der Waals surface area contributed by atoms with E-state index in [1.807, 2.05) is 0 Å². The molecule has 3 nitrogen and oxygen atoms in total. The molecule has 3 heteroatoms. The van der Waals surface area contributed by atoms with Crippen molar-refractivity contribution in [2.24, 2.45) is 0 Å². The molecule has 0 saturated heterocycles. The van der Waals surface area contributed by atoms with Gasteiger partial charge < -0.3 is 0 Å².